The number of benzene rings is 2. The SMILES string of the molecule is C[C@H]1OC2(CCN(C(=O)c3ncccc3O)CC2)c2c1n(CC(=O)Nc1ccc(C(F)(F)F)cc1Cl)c1nc(-c3ccccc3)nn1c2=O. The second kappa shape index (κ2) is 12.0. The van der Waals surface area contributed by atoms with E-state index in [1.165, 1.54) is 27.8 Å². The minimum absolute atomic E-state index is 0.0310. The number of aromatic nitrogens is 5. The molecule has 1 atom stereocenters. The summed E-state index contributed by atoms with van der Waals surface area (Å²) in [6.07, 6.45) is -3.47. The lowest BCUT2D eigenvalue weighted by atomic mass is 9.85. The van der Waals surface area contributed by atoms with E-state index >= 15 is 0 Å². The Morgan fingerprint density at radius 2 is 1.84 bits per heavy atom. The summed E-state index contributed by atoms with van der Waals surface area (Å²) < 4.78 is 48.7. The zero-order chi connectivity index (χ0) is 34.7. The van der Waals surface area contributed by atoms with Crippen molar-refractivity contribution in [3.05, 3.63) is 105 Å². The van der Waals surface area contributed by atoms with Gasteiger partial charge in [0.2, 0.25) is 11.7 Å². The Morgan fingerprint density at radius 1 is 1.10 bits per heavy atom. The molecular formula is C33H27ClF3N7O5. The van der Waals surface area contributed by atoms with Gasteiger partial charge in [-0.25, -0.2) is 4.98 Å². The third kappa shape index (κ3) is 5.68. The predicted molar refractivity (Wildman–Crippen MR) is 170 cm³/mol. The second-order valence-electron chi connectivity index (χ2n) is 11.8. The number of halogens is 4. The molecule has 2 aromatic carbocycles. The maximum Gasteiger partial charge on any atom is 0.416 e. The molecule has 2 aliphatic rings. The molecule has 252 valence electrons. The number of alkyl halides is 3. The van der Waals surface area contributed by atoms with Gasteiger partial charge in [-0.15, -0.1) is 5.10 Å². The molecule has 12 nitrogen and oxygen atoms in total. The number of likely N-dealkylation sites (tertiary alicyclic amines) is 1. The number of hydrogen-bond donors (Lipinski definition) is 2. The first kappa shape index (κ1) is 32.3. The summed E-state index contributed by atoms with van der Waals surface area (Å²) in [6.45, 7) is 1.68. The van der Waals surface area contributed by atoms with Gasteiger partial charge in [-0.05, 0) is 50.1 Å². The number of piperidine rings is 1. The zero-order valence-electron chi connectivity index (χ0n) is 25.7. The number of hydrogen-bond acceptors (Lipinski definition) is 8. The van der Waals surface area contributed by atoms with Crippen LogP contribution in [0.4, 0.5) is 18.9 Å². The molecule has 7 rings (SSSR count). The molecule has 5 aromatic rings. The summed E-state index contributed by atoms with van der Waals surface area (Å²) in [6, 6.07) is 14.4. The van der Waals surface area contributed by atoms with Crippen LogP contribution in [0.2, 0.25) is 5.02 Å². The van der Waals surface area contributed by atoms with Crippen LogP contribution >= 0.6 is 11.6 Å². The number of carbonyl (C=O) groups excluding carboxylic acids is 2. The summed E-state index contributed by atoms with van der Waals surface area (Å²) in [5, 5.41) is 17.0. The highest BCUT2D eigenvalue weighted by molar-refractivity contribution is 6.33. The van der Waals surface area contributed by atoms with Crippen molar-refractivity contribution in [3.8, 4) is 17.1 Å². The summed E-state index contributed by atoms with van der Waals surface area (Å²) >= 11 is 6.11. The first-order valence-electron chi connectivity index (χ1n) is 15.2. The van der Waals surface area contributed by atoms with Crippen molar-refractivity contribution in [2.24, 2.45) is 0 Å². The number of amides is 2. The number of rotatable bonds is 5. The van der Waals surface area contributed by atoms with Gasteiger partial charge in [-0.3, -0.25) is 14.4 Å². The van der Waals surface area contributed by atoms with Gasteiger partial charge < -0.3 is 24.6 Å². The van der Waals surface area contributed by atoms with Crippen molar-refractivity contribution in [2.45, 2.75) is 44.2 Å². The molecule has 16 heteroatoms. The minimum atomic E-state index is -4.62. The fraction of sp³-hybridized carbons (Fsp3) is 0.273. The molecule has 1 saturated heterocycles. The molecule has 0 unspecified atom stereocenters. The van der Waals surface area contributed by atoms with Crippen LogP contribution in [0.15, 0.2) is 71.7 Å². The number of pyridine rings is 1. The van der Waals surface area contributed by atoms with Crippen LogP contribution in [0.1, 0.15) is 53.2 Å². The fourth-order valence-electron chi connectivity index (χ4n) is 6.52. The number of aromatic hydroxyl groups is 1. The van der Waals surface area contributed by atoms with Gasteiger partial charge in [0.1, 0.15) is 17.9 Å². The Hall–Kier alpha value is -5.28. The molecule has 2 N–H and O–H groups in total. The number of carbonyl (C=O) groups is 2. The van der Waals surface area contributed by atoms with Gasteiger partial charge in [-0.1, -0.05) is 41.9 Å². The fourth-order valence-corrected chi connectivity index (χ4v) is 6.75. The molecule has 2 amide bonds. The van der Waals surface area contributed by atoms with Crippen molar-refractivity contribution in [3.63, 3.8) is 0 Å². The van der Waals surface area contributed by atoms with Crippen LogP contribution in [0, 0.1) is 0 Å². The van der Waals surface area contributed by atoms with E-state index < -0.39 is 47.4 Å². The monoisotopic (exact) mass is 693 g/mol. The smallest absolute Gasteiger partial charge is 0.416 e. The molecule has 0 saturated carbocycles. The van der Waals surface area contributed by atoms with Crippen LogP contribution in [-0.4, -0.2) is 59.1 Å². The van der Waals surface area contributed by atoms with Gasteiger partial charge in [0.15, 0.2) is 11.5 Å². The standard InChI is InChI=1S/C33H27ClF3N7O5/c1-18-27-25(32(49-18)11-14-42(15-12-32)30(48)26-23(45)8-5-13-38-26)29(47)44-31(40-28(41-44)19-6-3-2-4-7-19)43(27)17-24(46)39-22-10-9-20(16-21(22)34)33(35,36)37/h2-10,13,16,18,45H,11-12,14-15,17H2,1H3,(H,39,46)/t18-/m1/s1. The van der Waals surface area contributed by atoms with Gasteiger partial charge in [0.05, 0.1) is 33.6 Å². The van der Waals surface area contributed by atoms with Gasteiger partial charge in [0.25, 0.3) is 11.5 Å². The maximum atomic E-state index is 14.3. The Morgan fingerprint density at radius 3 is 2.51 bits per heavy atom. The van der Waals surface area contributed by atoms with E-state index in [1.807, 2.05) is 6.07 Å². The molecule has 0 aliphatic carbocycles. The summed E-state index contributed by atoms with van der Waals surface area (Å²) in [4.78, 5) is 51.2. The van der Waals surface area contributed by atoms with Crippen LogP contribution in [-0.2, 0) is 27.9 Å². The van der Waals surface area contributed by atoms with Crippen LogP contribution < -0.4 is 10.9 Å². The maximum absolute atomic E-state index is 14.3. The van der Waals surface area contributed by atoms with E-state index in [9.17, 15) is 32.7 Å². The van der Waals surface area contributed by atoms with E-state index in [2.05, 4.69) is 20.4 Å². The number of anilines is 1. The normalized spacial score (nSPS) is 17.0. The summed E-state index contributed by atoms with van der Waals surface area (Å²) in [7, 11) is 0. The van der Waals surface area contributed by atoms with E-state index in [1.54, 1.807) is 31.2 Å². The third-order valence-electron chi connectivity index (χ3n) is 8.78. The number of nitrogens with zero attached hydrogens (tertiary/aromatic N) is 6. The van der Waals surface area contributed by atoms with E-state index in [4.69, 9.17) is 16.3 Å². The molecule has 1 spiro atoms. The Bertz CT molecular complexity index is 2180. The average molecular weight is 694 g/mol. The minimum Gasteiger partial charge on any atom is -0.505 e. The Balaban J connectivity index is 1.27. The highest BCUT2D eigenvalue weighted by Crippen LogP contribution is 2.48. The molecule has 0 radical (unpaired) electrons. The van der Waals surface area contributed by atoms with Gasteiger partial charge in [0, 0.05) is 24.8 Å². The quantitative estimate of drug-likeness (QED) is 0.256. The van der Waals surface area contributed by atoms with Crippen LogP contribution in [0.5, 0.6) is 5.75 Å². The van der Waals surface area contributed by atoms with E-state index in [-0.39, 0.29) is 65.3 Å². The van der Waals surface area contributed by atoms with Gasteiger partial charge >= 0.3 is 6.18 Å². The lowest BCUT2D eigenvalue weighted by molar-refractivity contribution is -0.137. The number of ether oxygens (including phenoxy) is 1. The van der Waals surface area contributed by atoms with E-state index in [0.29, 0.717) is 11.3 Å². The van der Waals surface area contributed by atoms with Crippen molar-refractivity contribution < 1.29 is 32.6 Å². The molecule has 2 aliphatic heterocycles. The van der Waals surface area contributed by atoms with Crippen molar-refractivity contribution in [2.75, 3.05) is 18.4 Å². The predicted octanol–water partition coefficient (Wildman–Crippen LogP) is 5.19. The first-order chi connectivity index (χ1) is 23.4. The molecule has 1 fully saturated rings. The number of fused-ring (bicyclic) bond motifs is 3. The highest BCUT2D eigenvalue weighted by atomic mass is 35.5. The average Bonchev–Trinajstić information content (AvgIpc) is 3.64. The molecular weight excluding hydrogens is 667 g/mol. The van der Waals surface area contributed by atoms with Crippen LogP contribution in [0.3, 0.4) is 0 Å². The third-order valence-corrected chi connectivity index (χ3v) is 9.09. The van der Waals surface area contributed by atoms with Gasteiger partial charge in [-0.2, -0.15) is 22.7 Å². The second-order valence-corrected chi connectivity index (χ2v) is 12.2. The van der Waals surface area contributed by atoms with Crippen molar-refractivity contribution in [1.29, 1.82) is 0 Å². The lowest BCUT2D eigenvalue weighted by Gasteiger charge is -2.39. The lowest BCUT2D eigenvalue weighted by Crippen LogP contribution is -2.47. The van der Waals surface area contributed by atoms with E-state index in [0.717, 1.165) is 22.7 Å². The first-order valence-corrected chi connectivity index (χ1v) is 15.6. The van der Waals surface area contributed by atoms with Crippen molar-refractivity contribution >= 4 is 34.9 Å². The Kier molecular flexibility index (Phi) is 7.90. The number of nitrogens with one attached hydrogen (secondary N) is 1. The topological polar surface area (TPSA) is 144 Å². The largest absolute Gasteiger partial charge is 0.505 e. The Labute approximate surface area is 280 Å². The summed E-state index contributed by atoms with van der Waals surface area (Å²) in [5.41, 5.74) is -1.43. The molecule has 3 aromatic heterocycles. The van der Waals surface area contributed by atoms with Crippen LogP contribution in [0.25, 0.3) is 17.2 Å². The molecule has 0 bridgehead atoms. The zero-order valence-corrected chi connectivity index (χ0v) is 26.5. The highest BCUT2D eigenvalue weighted by Gasteiger charge is 2.50. The molecule has 5 heterocycles. The molecule has 49 heavy (non-hydrogen) atoms. The summed E-state index contributed by atoms with van der Waals surface area (Å²) in [5.74, 6) is -1.07. The van der Waals surface area contributed by atoms with Crippen molar-refractivity contribution in [1.82, 2.24) is 29.0 Å².